The number of nitrogens with zero attached hydrogens (tertiary/aromatic N) is 4. The van der Waals surface area contributed by atoms with Crippen molar-refractivity contribution in [3.63, 3.8) is 0 Å². The zero-order valence-corrected chi connectivity index (χ0v) is 34.5. The highest BCUT2D eigenvalue weighted by Gasteiger charge is 2.62. The molecule has 3 aromatic rings. The van der Waals surface area contributed by atoms with Gasteiger partial charge >= 0.3 is 0 Å². The third kappa shape index (κ3) is 8.34. The highest BCUT2D eigenvalue weighted by atomic mass is 32.2. The number of carbonyl (C=O) groups is 4. The molecule has 2 saturated carbocycles. The molecule has 1 saturated heterocycles. The van der Waals surface area contributed by atoms with Crippen molar-refractivity contribution in [3.05, 3.63) is 76.6 Å². The molecule has 16 heteroatoms. The van der Waals surface area contributed by atoms with E-state index in [4.69, 9.17) is 4.74 Å². The van der Waals surface area contributed by atoms with Gasteiger partial charge in [0.25, 0.3) is 17.4 Å². The smallest absolute Gasteiger partial charge is 0.274 e. The number of fused-ring (bicyclic) bond motifs is 3. The van der Waals surface area contributed by atoms with Crippen molar-refractivity contribution in [1.82, 2.24) is 30.0 Å². The van der Waals surface area contributed by atoms with E-state index in [0.29, 0.717) is 42.0 Å². The van der Waals surface area contributed by atoms with Crippen molar-refractivity contribution < 1.29 is 32.3 Å². The van der Waals surface area contributed by atoms with Crippen LogP contribution in [0.2, 0.25) is 0 Å². The Morgan fingerprint density at radius 2 is 1.71 bits per heavy atom. The number of carbonyl (C=O) groups excluding carboxylic acids is 4. The van der Waals surface area contributed by atoms with Crippen LogP contribution >= 0.6 is 0 Å². The lowest BCUT2D eigenvalue weighted by Gasteiger charge is -2.33. The van der Waals surface area contributed by atoms with Gasteiger partial charge in [-0.15, -0.1) is 5.10 Å². The van der Waals surface area contributed by atoms with E-state index in [-0.39, 0.29) is 49.2 Å². The van der Waals surface area contributed by atoms with Crippen molar-refractivity contribution in [1.29, 1.82) is 0 Å². The van der Waals surface area contributed by atoms with E-state index in [2.05, 4.69) is 27.4 Å². The minimum Gasteiger partial charge on any atom is -0.471 e. The van der Waals surface area contributed by atoms with Crippen LogP contribution in [0, 0.1) is 17.8 Å². The molecule has 58 heavy (non-hydrogen) atoms. The fourth-order valence-electron chi connectivity index (χ4n) is 8.30. The number of nitrogens with one attached hydrogen (secondary N) is 3. The Balaban J connectivity index is 1.24. The van der Waals surface area contributed by atoms with Gasteiger partial charge < -0.3 is 25.2 Å². The number of amides is 4. The summed E-state index contributed by atoms with van der Waals surface area (Å²) >= 11 is 0. The monoisotopic (exact) mass is 815 g/mol. The van der Waals surface area contributed by atoms with Crippen molar-refractivity contribution in [2.75, 3.05) is 25.5 Å². The number of hydrogen-bond donors (Lipinski definition) is 3. The summed E-state index contributed by atoms with van der Waals surface area (Å²) in [7, 11) is -0.125. The van der Waals surface area contributed by atoms with E-state index in [1.807, 2.05) is 50.2 Å². The first-order chi connectivity index (χ1) is 27.6. The molecular weight excluding hydrogens is 763 g/mol. The molecule has 0 bridgehead atoms. The van der Waals surface area contributed by atoms with Crippen LogP contribution in [0.3, 0.4) is 0 Å². The molecule has 4 amide bonds. The number of allylic oxidation sites excluding steroid dienone is 1. The van der Waals surface area contributed by atoms with E-state index in [0.717, 1.165) is 12.1 Å². The number of sulfonamides is 1. The first-order valence-electron chi connectivity index (χ1n) is 20.2. The minimum atomic E-state index is -3.92. The summed E-state index contributed by atoms with van der Waals surface area (Å²) in [6.07, 6.45) is 6.18. The summed E-state index contributed by atoms with van der Waals surface area (Å²) in [5.41, 5.74) is -0.545. The Morgan fingerprint density at radius 3 is 2.38 bits per heavy atom. The summed E-state index contributed by atoms with van der Waals surface area (Å²) < 4.78 is 35.9. The highest BCUT2D eigenvalue weighted by molar-refractivity contribution is 7.91. The van der Waals surface area contributed by atoms with Gasteiger partial charge in [-0.1, -0.05) is 38.1 Å². The van der Waals surface area contributed by atoms with Crippen LogP contribution in [0.25, 0.3) is 10.8 Å². The topological polar surface area (TPSA) is 189 Å². The SMILES string of the molecule is CCn1nc(O[C@@H]2C[C@H]3C(=O)N[C@]4(C(=O)NS(=O)(=O)C5CC5)C[C@H]4C=CCC[C@H](C)C[C@@H](C)[C@H](NC(=O)c4ccc(N(C)C)cc4)C(=O)N3C2)c2ccccc2c1=O. The predicted molar refractivity (Wildman–Crippen MR) is 219 cm³/mol. The largest absolute Gasteiger partial charge is 0.471 e. The number of hydrogen-bond acceptors (Lipinski definition) is 10. The van der Waals surface area contributed by atoms with Crippen LogP contribution in [0.15, 0.2) is 65.5 Å². The Labute approximate surface area is 338 Å². The lowest BCUT2D eigenvalue weighted by Crippen LogP contribution is -2.59. The van der Waals surface area contributed by atoms with Crippen LogP contribution in [-0.4, -0.2) is 96.3 Å². The van der Waals surface area contributed by atoms with Crippen LogP contribution in [0.1, 0.15) is 76.1 Å². The van der Waals surface area contributed by atoms with Crippen LogP contribution in [0.5, 0.6) is 5.88 Å². The maximum atomic E-state index is 15.0. The number of ether oxygens (including phenoxy) is 1. The molecule has 3 N–H and O–H groups in total. The summed E-state index contributed by atoms with van der Waals surface area (Å²) in [6.45, 7) is 6.01. The Kier molecular flexibility index (Phi) is 11.4. The zero-order chi connectivity index (χ0) is 41.5. The van der Waals surface area contributed by atoms with Crippen molar-refractivity contribution in [2.24, 2.45) is 17.8 Å². The number of anilines is 1. The van der Waals surface area contributed by atoms with Crippen molar-refractivity contribution in [2.45, 2.75) is 101 Å². The van der Waals surface area contributed by atoms with Crippen molar-refractivity contribution in [3.8, 4) is 5.88 Å². The molecule has 2 aromatic carbocycles. The van der Waals surface area contributed by atoms with Gasteiger partial charge in [0.05, 0.1) is 22.6 Å². The average molecular weight is 816 g/mol. The third-order valence-electron chi connectivity index (χ3n) is 12.0. The van der Waals surface area contributed by atoms with Gasteiger partial charge in [0.2, 0.25) is 27.7 Å². The quantitative estimate of drug-likeness (QED) is 0.271. The fourth-order valence-corrected chi connectivity index (χ4v) is 9.66. The van der Waals surface area contributed by atoms with Gasteiger partial charge in [0.15, 0.2) is 0 Å². The Bertz CT molecular complexity index is 2290. The molecule has 0 spiro atoms. The highest BCUT2D eigenvalue weighted by Crippen LogP contribution is 2.46. The molecule has 15 nitrogen and oxygen atoms in total. The van der Waals surface area contributed by atoms with Gasteiger partial charge in [0.1, 0.15) is 23.7 Å². The van der Waals surface area contributed by atoms with Gasteiger partial charge in [0, 0.05) is 44.2 Å². The molecule has 7 rings (SSSR count). The van der Waals surface area contributed by atoms with Gasteiger partial charge in [-0.3, -0.25) is 28.7 Å². The zero-order valence-electron chi connectivity index (χ0n) is 33.6. The number of aryl methyl sites for hydroxylation is 1. The average Bonchev–Trinajstić information content (AvgIpc) is 4.13. The van der Waals surface area contributed by atoms with E-state index in [1.165, 1.54) is 9.58 Å². The van der Waals surface area contributed by atoms with E-state index in [1.54, 1.807) is 43.3 Å². The predicted octanol–water partition coefficient (Wildman–Crippen LogP) is 3.12. The van der Waals surface area contributed by atoms with E-state index < -0.39 is 68.5 Å². The van der Waals surface area contributed by atoms with Crippen LogP contribution in [-0.2, 0) is 31.0 Å². The lowest BCUT2D eigenvalue weighted by molar-refractivity contribution is -0.142. The van der Waals surface area contributed by atoms with E-state index >= 15 is 4.79 Å². The van der Waals surface area contributed by atoms with Crippen LogP contribution in [0.4, 0.5) is 5.69 Å². The van der Waals surface area contributed by atoms with Gasteiger partial charge in [-0.25, -0.2) is 13.1 Å². The fraction of sp³-hybridized carbons (Fsp3) is 0.524. The summed E-state index contributed by atoms with van der Waals surface area (Å²) in [4.78, 5) is 73.7. The second kappa shape index (κ2) is 16.2. The summed E-state index contributed by atoms with van der Waals surface area (Å²) in [6, 6.07) is 11.8. The molecule has 2 aliphatic carbocycles. The third-order valence-corrected chi connectivity index (χ3v) is 13.8. The maximum absolute atomic E-state index is 15.0. The molecule has 3 fully saturated rings. The van der Waals surface area contributed by atoms with Crippen molar-refractivity contribution >= 4 is 50.1 Å². The standard InChI is InChI=1S/C42H53N7O8S/c1-6-49-39(52)33-14-10-9-13-32(33)38(45-49)57-30-22-34-37(51)44-42(41(54)46-58(55,56)31-19-20-31)23-28(42)12-8-7-11-25(2)21-26(3)35(40(53)48(34)24-30)43-36(50)27-15-17-29(18-16-27)47(4)5/h8-10,12-18,25-26,28,30-31,34-35H,6-7,11,19-24H2,1-5H3,(H,43,50)(H,44,51)(H,46,54)/t25-,26+,28+,30+,34-,35-,42+/m0/s1. The molecule has 0 unspecified atom stereocenters. The molecule has 7 atom stereocenters. The van der Waals surface area contributed by atoms with Crippen LogP contribution < -0.4 is 30.6 Å². The lowest BCUT2D eigenvalue weighted by atomic mass is 9.87. The number of rotatable bonds is 9. The summed E-state index contributed by atoms with van der Waals surface area (Å²) in [5.74, 6) is -2.88. The van der Waals surface area contributed by atoms with Gasteiger partial charge in [-0.2, -0.15) is 0 Å². The molecule has 3 heterocycles. The Morgan fingerprint density at radius 1 is 1.00 bits per heavy atom. The molecular formula is C42H53N7O8S. The molecule has 0 radical (unpaired) electrons. The molecule has 310 valence electrons. The summed E-state index contributed by atoms with van der Waals surface area (Å²) in [5, 5.41) is 10.6. The normalized spacial score (nSPS) is 27.7. The first kappa shape index (κ1) is 40.9. The maximum Gasteiger partial charge on any atom is 0.274 e. The second-order valence-corrected chi connectivity index (χ2v) is 18.6. The minimum absolute atomic E-state index is 0.00510. The number of aromatic nitrogens is 2. The Hall–Kier alpha value is -5.25. The number of benzene rings is 2. The van der Waals surface area contributed by atoms with Gasteiger partial charge in [-0.05, 0) is 93.7 Å². The molecule has 4 aliphatic rings. The molecule has 1 aromatic heterocycles. The second-order valence-electron chi connectivity index (χ2n) is 16.6. The molecule has 2 aliphatic heterocycles. The first-order valence-corrected chi connectivity index (χ1v) is 21.8. The van der Waals surface area contributed by atoms with E-state index in [9.17, 15) is 27.6 Å².